The van der Waals surface area contributed by atoms with E-state index >= 15 is 0 Å². The first-order valence-corrected chi connectivity index (χ1v) is 10.8. The Bertz CT molecular complexity index is 966. The first-order valence-electron chi connectivity index (χ1n) is 9.92. The third-order valence-corrected chi connectivity index (χ3v) is 6.15. The molecule has 0 saturated heterocycles. The molecular formula is C23H27N5S. The van der Waals surface area contributed by atoms with Crippen LogP contribution in [0, 0.1) is 18.3 Å². The van der Waals surface area contributed by atoms with Gasteiger partial charge in [0.05, 0.1) is 6.07 Å². The Morgan fingerprint density at radius 2 is 1.69 bits per heavy atom. The summed E-state index contributed by atoms with van der Waals surface area (Å²) in [5.41, 5.74) is 4.61. The summed E-state index contributed by atoms with van der Waals surface area (Å²) in [6, 6.07) is 19.1. The molecule has 0 fully saturated rings. The number of hydrogen-bond acceptors (Lipinski definition) is 5. The fourth-order valence-electron chi connectivity index (χ4n) is 3.26. The summed E-state index contributed by atoms with van der Waals surface area (Å²) in [5, 5.41) is 18.9. The van der Waals surface area contributed by atoms with E-state index in [0.717, 1.165) is 35.2 Å². The van der Waals surface area contributed by atoms with Crippen LogP contribution in [0.25, 0.3) is 11.4 Å². The van der Waals surface area contributed by atoms with E-state index in [9.17, 15) is 5.26 Å². The average Bonchev–Trinajstić information content (AvgIpc) is 3.10. The van der Waals surface area contributed by atoms with Gasteiger partial charge in [-0.05, 0) is 57.0 Å². The topological polar surface area (TPSA) is 57.7 Å². The molecule has 0 aliphatic rings. The fraction of sp³-hybridized carbons (Fsp3) is 0.348. The van der Waals surface area contributed by atoms with Crippen molar-refractivity contribution in [2.45, 2.75) is 37.6 Å². The fourth-order valence-corrected chi connectivity index (χ4v) is 4.17. The SMILES string of the molecule is CCN(CC)c1ccc(-c2nnc(SC(C#N)Cc3ccc(C)cc3)n2C)cc1. The maximum absolute atomic E-state index is 9.61. The summed E-state index contributed by atoms with van der Waals surface area (Å²) < 4.78 is 1.97. The van der Waals surface area contributed by atoms with Gasteiger partial charge >= 0.3 is 0 Å². The van der Waals surface area contributed by atoms with Crippen molar-refractivity contribution < 1.29 is 0 Å². The quantitative estimate of drug-likeness (QED) is 0.501. The molecule has 0 aliphatic heterocycles. The predicted molar refractivity (Wildman–Crippen MR) is 120 cm³/mol. The summed E-state index contributed by atoms with van der Waals surface area (Å²) in [7, 11) is 1.95. The standard InChI is InChI=1S/C23H27N5S/c1-5-28(6-2)20-13-11-19(12-14-20)22-25-26-23(27(22)4)29-21(16-24)15-18-9-7-17(3)8-10-18/h7-14,21H,5-6,15H2,1-4H3. The second kappa shape index (κ2) is 9.62. The van der Waals surface area contributed by atoms with Crippen molar-refractivity contribution in [3.05, 3.63) is 59.7 Å². The third-order valence-electron chi connectivity index (χ3n) is 5.02. The molecule has 6 heteroatoms. The van der Waals surface area contributed by atoms with Gasteiger partial charge in [-0.2, -0.15) is 5.26 Å². The van der Waals surface area contributed by atoms with Crippen LogP contribution in [0.2, 0.25) is 0 Å². The molecule has 0 amide bonds. The van der Waals surface area contributed by atoms with Crippen LogP contribution in [-0.2, 0) is 13.5 Å². The molecular weight excluding hydrogens is 378 g/mol. The molecule has 1 unspecified atom stereocenters. The predicted octanol–water partition coefficient (Wildman–Crippen LogP) is 4.86. The minimum absolute atomic E-state index is 0.210. The molecule has 150 valence electrons. The van der Waals surface area contributed by atoms with Crippen molar-refractivity contribution in [2.75, 3.05) is 18.0 Å². The van der Waals surface area contributed by atoms with Crippen molar-refractivity contribution in [3.63, 3.8) is 0 Å². The number of aromatic nitrogens is 3. The minimum Gasteiger partial charge on any atom is -0.372 e. The lowest BCUT2D eigenvalue weighted by Gasteiger charge is -2.21. The van der Waals surface area contributed by atoms with E-state index in [-0.39, 0.29) is 5.25 Å². The highest BCUT2D eigenvalue weighted by Gasteiger charge is 2.17. The smallest absolute Gasteiger partial charge is 0.192 e. The summed E-state index contributed by atoms with van der Waals surface area (Å²) in [6.07, 6.45) is 0.683. The lowest BCUT2D eigenvalue weighted by molar-refractivity contribution is 0.790. The van der Waals surface area contributed by atoms with Gasteiger partial charge in [-0.3, -0.25) is 0 Å². The monoisotopic (exact) mass is 405 g/mol. The van der Waals surface area contributed by atoms with Crippen LogP contribution >= 0.6 is 11.8 Å². The van der Waals surface area contributed by atoms with E-state index < -0.39 is 0 Å². The zero-order valence-corrected chi connectivity index (χ0v) is 18.3. The van der Waals surface area contributed by atoms with Gasteiger partial charge in [0, 0.05) is 31.4 Å². The van der Waals surface area contributed by atoms with Crippen molar-refractivity contribution in [1.29, 1.82) is 5.26 Å². The number of hydrogen-bond donors (Lipinski definition) is 0. The molecule has 0 saturated carbocycles. The summed E-state index contributed by atoms with van der Waals surface area (Å²) in [4.78, 5) is 2.31. The van der Waals surface area contributed by atoms with Gasteiger partial charge in [0.15, 0.2) is 11.0 Å². The maximum atomic E-state index is 9.61. The van der Waals surface area contributed by atoms with Gasteiger partial charge in [0.2, 0.25) is 0 Å². The largest absolute Gasteiger partial charge is 0.372 e. The third kappa shape index (κ3) is 4.99. The molecule has 0 aliphatic carbocycles. The van der Waals surface area contributed by atoms with Crippen LogP contribution in [-0.4, -0.2) is 33.1 Å². The molecule has 0 N–H and O–H groups in total. The molecule has 0 radical (unpaired) electrons. The Kier molecular flexibility index (Phi) is 6.95. The Morgan fingerprint density at radius 3 is 2.28 bits per heavy atom. The highest BCUT2D eigenvalue weighted by atomic mass is 32.2. The molecule has 1 atom stereocenters. The van der Waals surface area contributed by atoms with Crippen molar-refractivity contribution in [2.24, 2.45) is 7.05 Å². The van der Waals surface area contributed by atoms with Crippen LogP contribution in [0.4, 0.5) is 5.69 Å². The Hall–Kier alpha value is -2.78. The van der Waals surface area contributed by atoms with E-state index in [1.54, 1.807) is 0 Å². The van der Waals surface area contributed by atoms with Gasteiger partial charge in [0.25, 0.3) is 0 Å². The van der Waals surface area contributed by atoms with Crippen LogP contribution in [0.3, 0.4) is 0 Å². The average molecular weight is 406 g/mol. The normalized spacial score (nSPS) is 11.8. The molecule has 1 aromatic heterocycles. The molecule has 3 aromatic rings. The van der Waals surface area contributed by atoms with Crippen LogP contribution in [0.5, 0.6) is 0 Å². The zero-order valence-electron chi connectivity index (χ0n) is 17.5. The van der Waals surface area contributed by atoms with Crippen LogP contribution in [0.15, 0.2) is 53.7 Å². The number of benzene rings is 2. The minimum atomic E-state index is -0.210. The van der Waals surface area contributed by atoms with E-state index in [1.165, 1.54) is 23.0 Å². The second-order valence-corrected chi connectivity index (χ2v) is 8.18. The molecule has 2 aromatic carbocycles. The van der Waals surface area contributed by atoms with E-state index in [4.69, 9.17) is 0 Å². The summed E-state index contributed by atoms with van der Waals surface area (Å²) in [5.74, 6) is 0.811. The highest BCUT2D eigenvalue weighted by Crippen LogP contribution is 2.28. The number of anilines is 1. The van der Waals surface area contributed by atoms with Gasteiger partial charge in [-0.1, -0.05) is 41.6 Å². The van der Waals surface area contributed by atoms with Crippen LogP contribution < -0.4 is 4.90 Å². The first-order chi connectivity index (χ1) is 14.0. The molecule has 1 heterocycles. The lowest BCUT2D eigenvalue weighted by atomic mass is 10.1. The van der Waals surface area contributed by atoms with Gasteiger partial charge in [-0.25, -0.2) is 0 Å². The summed E-state index contributed by atoms with van der Waals surface area (Å²) in [6.45, 7) is 8.35. The highest BCUT2D eigenvalue weighted by molar-refractivity contribution is 8.00. The van der Waals surface area contributed by atoms with E-state index in [1.807, 2.05) is 11.6 Å². The van der Waals surface area contributed by atoms with Crippen molar-refractivity contribution in [3.8, 4) is 17.5 Å². The molecule has 0 bridgehead atoms. The summed E-state index contributed by atoms with van der Waals surface area (Å²) >= 11 is 1.47. The number of rotatable bonds is 8. The van der Waals surface area contributed by atoms with Gasteiger partial charge < -0.3 is 9.47 Å². The van der Waals surface area contributed by atoms with Crippen molar-refractivity contribution >= 4 is 17.4 Å². The van der Waals surface area contributed by atoms with Crippen molar-refractivity contribution in [1.82, 2.24) is 14.8 Å². The molecule has 5 nitrogen and oxygen atoms in total. The van der Waals surface area contributed by atoms with Crippen LogP contribution in [0.1, 0.15) is 25.0 Å². The number of aryl methyl sites for hydroxylation is 1. The maximum Gasteiger partial charge on any atom is 0.192 e. The first kappa shape index (κ1) is 20.9. The molecule has 0 spiro atoms. The number of nitriles is 1. The zero-order chi connectivity index (χ0) is 20.8. The Balaban J connectivity index is 1.74. The molecule has 3 rings (SSSR count). The van der Waals surface area contributed by atoms with E-state index in [2.05, 4.69) is 90.5 Å². The van der Waals surface area contributed by atoms with Gasteiger partial charge in [0.1, 0.15) is 5.25 Å². The number of nitrogens with zero attached hydrogens (tertiary/aromatic N) is 5. The Morgan fingerprint density at radius 1 is 1.03 bits per heavy atom. The molecule has 29 heavy (non-hydrogen) atoms. The lowest BCUT2D eigenvalue weighted by Crippen LogP contribution is -2.21. The van der Waals surface area contributed by atoms with Gasteiger partial charge in [-0.15, -0.1) is 10.2 Å². The number of thioether (sulfide) groups is 1. The Labute approximate surface area is 177 Å². The second-order valence-electron chi connectivity index (χ2n) is 7.01. The van der Waals surface area contributed by atoms with E-state index in [0.29, 0.717) is 6.42 Å².